The van der Waals surface area contributed by atoms with E-state index in [1.807, 2.05) is 0 Å². The van der Waals surface area contributed by atoms with Crippen molar-refractivity contribution < 1.29 is 23.1 Å². The fraction of sp³-hybridized carbons (Fsp3) is 0.500. The van der Waals surface area contributed by atoms with Gasteiger partial charge in [0.15, 0.2) is 0 Å². The van der Waals surface area contributed by atoms with Crippen LogP contribution < -0.4 is 4.74 Å². The average Bonchev–Trinajstić information content (AvgIpc) is 2.37. The Morgan fingerprint density at radius 3 is 2.67 bits per heavy atom. The molecule has 1 aromatic rings. The molecule has 0 aromatic heterocycles. The van der Waals surface area contributed by atoms with Crippen molar-refractivity contribution in [2.75, 3.05) is 0 Å². The minimum Gasteiger partial charge on any atom is -0.490 e. The normalized spacial score (nSPS) is 22.8. The molecule has 5 nitrogen and oxygen atoms in total. The summed E-state index contributed by atoms with van der Waals surface area (Å²) < 4.78 is 28.3. The van der Waals surface area contributed by atoms with Crippen LogP contribution in [0.1, 0.15) is 43.0 Å². The number of ether oxygens (including phenoxy) is 1. The van der Waals surface area contributed by atoms with Crippen LogP contribution >= 0.6 is 10.7 Å². The summed E-state index contributed by atoms with van der Waals surface area (Å²) in [7, 11) is 1.27. The fourth-order valence-corrected chi connectivity index (χ4v) is 3.37. The molecule has 7 heteroatoms. The van der Waals surface area contributed by atoms with Crippen LogP contribution in [0.3, 0.4) is 0 Å². The van der Waals surface area contributed by atoms with Gasteiger partial charge in [0.2, 0.25) is 0 Å². The molecule has 1 aliphatic carbocycles. The van der Waals surface area contributed by atoms with Crippen molar-refractivity contribution >= 4 is 25.7 Å². The molecule has 0 spiro atoms. The highest BCUT2D eigenvalue weighted by Crippen LogP contribution is 2.30. The molecule has 0 aliphatic heterocycles. The van der Waals surface area contributed by atoms with Crippen molar-refractivity contribution in [2.45, 2.75) is 43.6 Å². The number of carboxylic acids is 1. The van der Waals surface area contributed by atoms with Crippen LogP contribution in [-0.2, 0) is 9.05 Å². The quantitative estimate of drug-likeness (QED) is 0.856. The predicted octanol–water partition coefficient (Wildman–Crippen LogP) is 3.27. The third-order valence-electron chi connectivity index (χ3n) is 3.64. The lowest BCUT2D eigenvalue weighted by molar-refractivity contribution is 0.0683. The topological polar surface area (TPSA) is 80.7 Å². The first-order valence-electron chi connectivity index (χ1n) is 6.76. The Hall–Kier alpha value is -1.27. The Kier molecular flexibility index (Phi) is 4.78. The molecule has 1 aromatic carbocycles. The fourth-order valence-electron chi connectivity index (χ4n) is 2.60. The maximum Gasteiger partial charge on any atom is 0.339 e. The van der Waals surface area contributed by atoms with Gasteiger partial charge in [-0.1, -0.05) is 13.3 Å². The Morgan fingerprint density at radius 2 is 2.10 bits per heavy atom. The van der Waals surface area contributed by atoms with Crippen LogP contribution in [0.5, 0.6) is 5.75 Å². The van der Waals surface area contributed by atoms with E-state index in [1.54, 1.807) is 0 Å². The van der Waals surface area contributed by atoms with E-state index >= 15 is 0 Å². The first kappa shape index (κ1) is 16.1. The van der Waals surface area contributed by atoms with Crippen LogP contribution in [0, 0.1) is 5.92 Å². The van der Waals surface area contributed by atoms with Gasteiger partial charge in [-0.15, -0.1) is 0 Å². The van der Waals surface area contributed by atoms with E-state index in [4.69, 9.17) is 15.4 Å². The SMILES string of the molecule is CC1CCCC(Oc2ccc(S(=O)(=O)Cl)cc2C(=O)O)C1. The first-order chi connectivity index (χ1) is 9.77. The summed E-state index contributed by atoms with van der Waals surface area (Å²) in [6, 6.07) is 3.65. The second-order valence-electron chi connectivity index (χ2n) is 5.41. The summed E-state index contributed by atoms with van der Waals surface area (Å²) in [5.41, 5.74) is -0.185. The molecule has 1 aliphatic rings. The highest BCUT2D eigenvalue weighted by Gasteiger charge is 2.23. The first-order valence-corrected chi connectivity index (χ1v) is 9.07. The van der Waals surface area contributed by atoms with Crippen molar-refractivity contribution in [3.8, 4) is 5.75 Å². The second kappa shape index (κ2) is 6.23. The number of carboxylic acid groups (broad SMARTS) is 1. The second-order valence-corrected chi connectivity index (χ2v) is 7.98. The van der Waals surface area contributed by atoms with Gasteiger partial charge in [0.05, 0.1) is 11.0 Å². The smallest absolute Gasteiger partial charge is 0.339 e. The Morgan fingerprint density at radius 1 is 1.38 bits per heavy atom. The lowest BCUT2D eigenvalue weighted by atomic mass is 9.88. The molecule has 0 bridgehead atoms. The monoisotopic (exact) mass is 332 g/mol. The molecular weight excluding hydrogens is 316 g/mol. The minimum absolute atomic E-state index is 0.0368. The van der Waals surface area contributed by atoms with Gasteiger partial charge in [0.25, 0.3) is 9.05 Å². The minimum atomic E-state index is -3.96. The van der Waals surface area contributed by atoms with Crippen LogP contribution in [-0.4, -0.2) is 25.6 Å². The summed E-state index contributed by atoms with van der Waals surface area (Å²) in [4.78, 5) is 11.0. The Labute approximate surface area is 128 Å². The maximum atomic E-state index is 11.3. The summed E-state index contributed by atoms with van der Waals surface area (Å²) in [5, 5.41) is 9.22. The molecule has 1 N–H and O–H groups in total. The molecule has 21 heavy (non-hydrogen) atoms. The lowest BCUT2D eigenvalue weighted by Crippen LogP contribution is -2.24. The number of rotatable bonds is 4. The summed E-state index contributed by atoms with van der Waals surface area (Å²) >= 11 is 0. The molecule has 2 unspecified atom stereocenters. The number of aromatic carboxylic acids is 1. The van der Waals surface area contributed by atoms with Gasteiger partial charge in [-0.3, -0.25) is 0 Å². The molecule has 0 saturated heterocycles. The highest BCUT2D eigenvalue weighted by atomic mass is 35.7. The number of hydrogen-bond donors (Lipinski definition) is 1. The number of halogens is 1. The predicted molar refractivity (Wildman–Crippen MR) is 78.5 cm³/mol. The number of hydrogen-bond acceptors (Lipinski definition) is 4. The summed E-state index contributed by atoms with van der Waals surface area (Å²) in [6.45, 7) is 2.14. The van der Waals surface area contributed by atoms with E-state index in [0.29, 0.717) is 5.92 Å². The van der Waals surface area contributed by atoms with Gasteiger partial charge in [-0.25, -0.2) is 13.2 Å². The van der Waals surface area contributed by atoms with E-state index in [-0.39, 0.29) is 22.3 Å². The molecule has 2 rings (SSSR count). The van der Waals surface area contributed by atoms with Crippen molar-refractivity contribution in [1.29, 1.82) is 0 Å². The van der Waals surface area contributed by atoms with Crippen molar-refractivity contribution in [3.63, 3.8) is 0 Å². The van der Waals surface area contributed by atoms with Gasteiger partial charge in [-0.05, 0) is 43.4 Å². The zero-order chi connectivity index (χ0) is 15.6. The van der Waals surface area contributed by atoms with Gasteiger partial charge < -0.3 is 9.84 Å². The molecule has 0 amide bonds. The molecular formula is C14H17ClO5S. The van der Waals surface area contributed by atoms with Crippen molar-refractivity contribution in [2.24, 2.45) is 5.92 Å². The molecule has 1 fully saturated rings. The van der Waals surface area contributed by atoms with Gasteiger partial charge >= 0.3 is 5.97 Å². The molecule has 116 valence electrons. The van der Waals surface area contributed by atoms with E-state index in [2.05, 4.69) is 6.92 Å². The zero-order valence-electron chi connectivity index (χ0n) is 11.6. The summed E-state index contributed by atoms with van der Waals surface area (Å²) in [5.74, 6) is -0.513. The van der Waals surface area contributed by atoms with Crippen LogP contribution in [0.4, 0.5) is 0 Å². The van der Waals surface area contributed by atoms with Gasteiger partial charge in [-0.2, -0.15) is 0 Å². The molecule has 2 atom stereocenters. The van der Waals surface area contributed by atoms with Crippen LogP contribution in [0.15, 0.2) is 23.1 Å². The van der Waals surface area contributed by atoms with E-state index in [1.165, 1.54) is 12.1 Å². The molecule has 1 saturated carbocycles. The Balaban J connectivity index is 2.28. The molecule has 0 radical (unpaired) electrons. The number of carbonyl (C=O) groups is 1. The molecule has 0 heterocycles. The highest BCUT2D eigenvalue weighted by molar-refractivity contribution is 8.13. The maximum absolute atomic E-state index is 11.3. The van der Waals surface area contributed by atoms with E-state index in [9.17, 15) is 18.3 Å². The van der Waals surface area contributed by atoms with Crippen molar-refractivity contribution in [1.82, 2.24) is 0 Å². The standard InChI is InChI=1S/C14H17ClO5S/c1-9-3-2-4-10(7-9)20-13-6-5-11(21(15,18)19)8-12(13)14(16)17/h5-6,8-10H,2-4,7H2,1H3,(H,16,17). The van der Waals surface area contributed by atoms with Gasteiger partial charge in [0, 0.05) is 10.7 Å². The number of benzene rings is 1. The zero-order valence-corrected chi connectivity index (χ0v) is 13.2. The van der Waals surface area contributed by atoms with Crippen molar-refractivity contribution in [3.05, 3.63) is 23.8 Å². The largest absolute Gasteiger partial charge is 0.490 e. The lowest BCUT2D eigenvalue weighted by Gasteiger charge is -2.27. The third kappa shape index (κ3) is 4.11. The Bertz CT molecular complexity index is 641. The van der Waals surface area contributed by atoms with Crippen LogP contribution in [0.25, 0.3) is 0 Å². The van der Waals surface area contributed by atoms with E-state index < -0.39 is 15.0 Å². The van der Waals surface area contributed by atoms with Crippen LogP contribution in [0.2, 0.25) is 0 Å². The average molecular weight is 333 g/mol. The van der Waals surface area contributed by atoms with Gasteiger partial charge in [0.1, 0.15) is 11.3 Å². The third-order valence-corrected chi connectivity index (χ3v) is 5.00. The summed E-state index contributed by atoms with van der Waals surface area (Å²) in [6.07, 6.45) is 3.90. The van der Waals surface area contributed by atoms with E-state index in [0.717, 1.165) is 31.7 Å².